The monoisotopic (exact) mass is 230 g/mol. The van der Waals surface area contributed by atoms with Crippen molar-refractivity contribution in [1.82, 2.24) is 0 Å². The predicted octanol–water partition coefficient (Wildman–Crippen LogP) is 4.90. The summed E-state index contributed by atoms with van der Waals surface area (Å²) in [6.45, 7) is 8.15. The molecular formula is C12H16Cl2. The van der Waals surface area contributed by atoms with Gasteiger partial charge in [-0.3, -0.25) is 0 Å². The van der Waals surface area contributed by atoms with Crippen LogP contribution in [0.4, 0.5) is 0 Å². The molecule has 14 heavy (non-hydrogen) atoms. The number of alkyl halides is 2. The highest BCUT2D eigenvalue weighted by molar-refractivity contribution is 6.21. The Kier molecular flexibility index (Phi) is 3.86. The molecule has 2 atom stereocenters. The van der Waals surface area contributed by atoms with Crippen LogP contribution in [0.25, 0.3) is 0 Å². The maximum absolute atomic E-state index is 6.09. The number of hydrogen-bond donors (Lipinski definition) is 0. The average molecular weight is 231 g/mol. The first-order chi connectivity index (χ1) is 6.43. The van der Waals surface area contributed by atoms with E-state index in [2.05, 4.69) is 26.0 Å². The minimum absolute atomic E-state index is 0.0461. The Labute approximate surface area is 96.2 Å². The van der Waals surface area contributed by atoms with Crippen molar-refractivity contribution < 1.29 is 0 Å². The average Bonchev–Trinajstić information content (AvgIpc) is 2.02. The minimum atomic E-state index is 0.0461. The van der Waals surface area contributed by atoms with Crippen molar-refractivity contribution in [3.8, 4) is 0 Å². The number of aryl methyl sites for hydroxylation is 2. The lowest BCUT2D eigenvalue weighted by molar-refractivity contribution is 1.00. The van der Waals surface area contributed by atoms with Crippen LogP contribution in [0.3, 0.4) is 0 Å². The van der Waals surface area contributed by atoms with Crippen molar-refractivity contribution in [3.63, 3.8) is 0 Å². The molecular weight excluding hydrogens is 215 g/mol. The summed E-state index contributed by atoms with van der Waals surface area (Å²) in [6.07, 6.45) is 0. The molecule has 1 aromatic carbocycles. The Morgan fingerprint density at radius 1 is 0.857 bits per heavy atom. The molecule has 1 aromatic rings. The SMILES string of the molecule is Cc1cc(C)c(C(C)Cl)cc1C(C)Cl. The van der Waals surface area contributed by atoms with Crippen LogP contribution in [0.1, 0.15) is 46.9 Å². The summed E-state index contributed by atoms with van der Waals surface area (Å²) < 4.78 is 0. The summed E-state index contributed by atoms with van der Waals surface area (Å²) in [5.74, 6) is 0. The van der Waals surface area contributed by atoms with Gasteiger partial charge >= 0.3 is 0 Å². The van der Waals surface area contributed by atoms with E-state index in [-0.39, 0.29) is 10.8 Å². The molecule has 0 aliphatic carbocycles. The standard InChI is InChI=1S/C12H16Cl2/c1-7-5-8(2)12(10(4)14)6-11(7)9(3)13/h5-6,9-10H,1-4H3. The molecule has 0 nitrogen and oxygen atoms in total. The number of rotatable bonds is 2. The van der Waals surface area contributed by atoms with Crippen molar-refractivity contribution in [3.05, 3.63) is 34.4 Å². The lowest BCUT2D eigenvalue weighted by Gasteiger charge is -2.15. The molecule has 0 radical (unpaired) electrons. The molecule has 0 fully saturated rings. The van der Waals surface area contributed by atoms with Crippen molar-refractivity contribution in [2.45, 2.75) is 38.4 Å². The second-order valence-electron chi connectivity index (χ2n) is 3.80. The second-order valence-corrected chi connectivity index (χ2v) is 5.11. The second kappa shape index (κ2) is 4.55. The van der Waals surface area contributed by atoms with Crippen LogP contribution in [0.2, 0.25) is 0 Å². The Morgan fingerprint density at radius 2 is 1.21 bits per heavy atom. The smallest absolute Gasteiger partial charge is 0.0559 e. The third-order valence-corrected chi connectivity index (χ3v) is 2.98. The summed E-state index contributed by atoms with van der Waals surface area (Å²) in [5, 5.41) is 0.0922. The van der Waals surface area contributed by atoms with Gasteiger partial charge in [0, 0.05) is 0 Å². The zero-order valence-electron chi connectivity index (χ0n) is 9.07. The zero-order chi connectivity index (χ0) is 10.9. The molecule has 0 heterocycles. The van der Waals surface area contributed by atoms with Gasteiger partial charge in [0.1, 0.15) is 0 Å². The van der Waals surface area contributed by atoms with Gasteiger partial charge in [0.25, 0.3) is 0 Å². The van der Waals surface area contributed by atoms with Crippen LogP contribution in [0, 0.1) is 13.8 Å². The van der Waals surface area contributed by atoms with Crippen molar-refractivity contribution >= 4 is 23.2 Å². The molecule has 0 aliphatic rings. The van der Waals surface area contributed by atoms with E-state index in [1.165, 1.54) is 22.3 Å². The topological polar surface area (TPSA) is 0 Å². The van der Waals surface area contributed by atoms with Crippen LogP contribution >= 0.6 is 23.2 Å². The molecule has 2 heteroatoms. The van der Waals surface area contributed by atoms with Gasteiger partial charge in [0.05, 0.1) is 10.8 Å². The van der Waals surface area contributed by atoms with Crippen LogP contribution in [-0.2, 0) is 0 Å². The molecule has 2 unspecified atom stereocenters. The van der Waals surface area contributed by atoms with Crippen molar-refractivity contribution in [1.29, 1.82) is 0 Å². The van der Waals surface area contributed by atoms with Crippen LogP contribution in [0.5, 0.6) is 0 Å². The predicted molar refractivity (Wildman–Crippen MR) is 64.5 cm³/mol. The summed E-state index contributed by atoms with van der Waals surface area (Å²) >= 11 is 12.2. The number of halogens is 2. The van der Waals surface area contributed by atoms with Crippen LogP contribution in [-0.4, -0.2) is 0 Å². The summed E-state index contributed by atoms with van der Waals surface area (Å²) in [5.41, 5.74) is 4.84. The van der Waals surface area contributed by atoms with Crippen LogP contribution < -0.4 is 0 Å². The molecule has 0 saturated heterocycles. The molecule has 0 saturated carbocycles. The molecule has 0 aromatic heterocycles. The van der Waals surface area contributed by atoms with Gasteiger partial charge in [-0.05, 0) is 49.9 Å². The van der Waals surface area contributed by atoms with Gasteiger partial charge in [-0.25, -0.2) is 0 Å². The van der Waals surface area contributed by atoms with E-state index in [9.17, 15) is 0 Å². The van der Waals surface area contributed by atoms with E-state index in [0.717, 1.165) is 0 Å². The maximum atomic E-state index is 6.09. The van der Waals surface area contributed by atoms with E-state index >= 15 is 0 Å². The van der Waals surface area contributed by atoms with Gasteiger partial charge in [-0.1, -0.05) is 12.1 Å². The third-order valence-electron chi connectivity index (χ3n) is 2.51. The lowest BCUT2D eigenvalue weighted by atomic mass is 9.97. The first kappa shape index (κ1) is 11.9. The summed E-state index contributed by atoms with van der Waals surface area (Å²) in [6, 6.07) is 4.28. The molecule has 0 amide bonds. The highest BCUT2D eigenvalue weighted by Gasteiger charge is 2.11. The molecule has 0 spiro atoms. The fraction of sp³-hybridized carbons (Fsp3) is 0.500. The van der Waals surface area contributed by atoms with Gasteiger partial charge in [0.2, 0.25) is 0 Å². The van der Waals surface area contributed by atoms with Gasteiger partial charge in [0.15, 0.2) is 0 Å². The Morgan fingerprint density at radius 3 is 1.50 bits per heavy atom. The summed E-state index contributed by atoms with van der Waals surface area (Å²) in [4.78, 5) is 0. The van der Waals surface area contributed by atoms with Crippen molar-refractivity contribution in [2.24, 2.45) is 0 Å². The van der Waals surface area contributed by atoms with Gasteiger partial charge in [-0.15, -0.1) is 23.2 Å². The Hall–Kier alpha value is -0.200. The van der Waals surface area contributed by atoms with Crippen LogP contribution in [0.15, 0.2) is 12.1 Å². The largest absolute Gasteiger partial charge is 0.118 e. The number of hydrogen-bond acceptors (Lipinski definition) is 0. The Bertz CT molecular complexity index is 298. The van der Waals surface area contributed by atoms with E-state index < -0.39 is 0 Å². The van der Waals surface area contributed by atoms with Gasteiger partial charge < -0.3 is 0 Å². The molecule has 0 bridgehead atoms. The van der Waals surface area contributed by atoms with E-state index in [1.807, 2.05) is 13.8 Å². The molecule has 78 valence electrons. The highest BCUT2D eigenvalue weighted by Crippen LogP contribution is 2.30. The first-order valence-corrected chi connectivity index (χ1v) is 5.70. The van der Waals surface area contributed by atoms with E-state index in [1.54, 1.807) is 0 Å². The Balaban J connectivity index is 3.27. The normalized spacial score (nSPS) is 15.3. The zero-order valence-corrected chi connectivity index (χ0v) is 10.6. The highest BCUT2D eigenvalue weighted by atomic mass is 35.5. The van der Waals surface area contributed by atoms with Gasteiger partial charge in [-0.2, -0.15) is 0 Å². The quantitative estimate of drug-likeness (QED) is 0.635. The maximum Gasteiger partial charge on any atom is 0.0559 e. The van der Waals surface area contributed by atoms with E-state index in [4.69, 9.17) is 23.2 Å². The fourth-order valence-electron chi connectivity index (χ4n) is 1.74. The van der Waals surface area contributed by atoms with Crippen molar-refractivity contribution in [2.75, 3.05) is 0 Å². The molecule has 0 N–H and O–H groups in total. The first-order valence-electron chi connectivity index (χ1n) is 4.82. The lowest BCUT2D eigenvalue weighted by Crippen LogP contribution is -1.97. The third kappa shape index (κ3) is 2.43. The fourth-order valence-corrected chi connectivity index (χ4v) is 2.21. The molecule has 1 rings (SSSR count). The minimum Gasteiger partial charge on any atom is -0.118 e. The van der Waals surface area contributed by atoms with E-state index in [0.29, 0.717) is 0 Å². The molecule has 0 aliphatic heterocycles. The number of benzene rings is 1. The summed E-state index contributed by atoms with van der Waals surface area (Å²) in [7, 11) is 0.